The fourth-order valence-corrected chi connectivity index (χ4v) is 3.28. The summed E-state index contributed by atoms with van der Waals surface area (Å²) >= 11 is 0. The first-order valence-corrected chi connectivity index (χ1v) is 10.4. The molecule has 0 amide bonds. The van der Waals surface area contributed by atoms with E-state index < -0.39 is 8.24 Å². The van der Waals surface area contributed by atoms with Gasteiger partial charge in [-0.15, -0.1) is 0 Å². The van der Waals surface area contributed by atoms with Gasteiger partial charge in [0.15, 0.2) is 8.24 Å². The number of rotatable bonds is 2. The van der Waals surface area contributed by atoms with Gasteiger partial charge in [-0.2, -0.15) is 0 Å². The molecule has 1 aromatic heterocycles. The van der Waals surface area contributed by atoms with Gasteiger partial charge < -0.3 is 13.5 Å². The summed E-state index contributed by atoms with van der Waals surface area (Å²) in [7, 11) is -1.61. The first kappa shape index (κ1) is 14.9. The van der Waals surface area contributed by atoms with Crippen molar-refractivity contribution in [3.63, 3.8) is 0 Å². The van der Waals surface area contributed by atoms with Crippen LogP contribution in [0.3, 0.4) is 0 Å². The first-order valence-electron chi connectivity index (χ1n) is 6.99. The van der Waals surface area contributed by atoms with Crippen LogP contribution >= 0.6 is 0 Å². The fraction of sp³-hybridized carbons (Fsp3) is 0.714. The van der Waals surface area contributed by atoms with Crippen molar-refractivity contribution in [3.05, 3.63) is 18.0 Å². The molecule has 0 unspecified atom stereocenters. The fourth-order valence-electron chi connectivity index (χ4n) is 2.18. The number of nitrogens with zero attached hydrogens (tertiary/aromatic N) is 1. The molecule has 3 nitrogen and oxygen atoms in total. The van der Waals surface area contributed by atoms with Crippen molar-refractivity contribution < 1.29 is 9.31 Å². The summed E-state index contributed by atoms with van der Waals surface area (Å²) in [6.07, 6.45) is 4.44. The molecule has 2 rings (SSSR count). The molecular weight excluding hydrogens is 253 g/mol. The van der Waals surface area contributed by atoms with Gasteiger partial charge in [0.2, 0.25) is 0 Å². The maximum absolute atomic E-state index is 6.14. The highest BCUT2D eigenvalue weighted by molar-refractivity contribution is 6.75. The summed E-state index contributed by atoms with van der Waals surface area (Å²) in [5, 5.41) is 0. The van der Waals surface area contributed by atoms with Crippen molar-refractivity contribution in [1.82, 2.24) is 4.23 Å². The van der Waals surface area contributed by atoms with E-state index in [4.69, 9.17) is 9.31 Å². The van der Waals surface area contributed by atoms with E-state index in [1.54, 1.807) is 0 Å². The van der Waals surface area contributed by atoms with E-state index >= 15 is 0 Å². The lowest BCUT2D eigenvalue weighted by Gasteiger charge is -2.32. The van der Waals surface area contributed by atoms with Gasteiger partial charge in [-0.25, -0.2) is 0 Å². The lowest BCUT2D eigenvalue weighted by Crippen LogP contribution is -2.41. The Bertz CT molecular complexity index is 472. The molecule has 0 radical (unpaired) electrons. The first-order chi connectivity index (χ1) is 8.44. The summed E-state index contributed by atoms with van der Waals surface area (Å²) in [6, 6.07) is 0. The van der Waals surface area contributed by atoms with E-state index in [-0.39, 0.29) is 18.3 Å². The van der Waals surface area contributed by atoms with Crippen LogP contribution in [-0.4, -0.2) is 30.8 Å². The molecular formula is C14H26BNO2Si. The smallest absolute Gasteiger partial charge is 0.399 e. The second kappa shape index (κ2) is 4.24. The van der Waals surface area contributed by atoms with E-state index in [0.29, 0.717) is 0 Å². The molecule has 0 bridgehead atoms. The molecule has 1 fully saturated rings. The molecule has 0 N–H and O–H groups in total. The summed E-state index contributed by atoms with van der Waals surface area (Å²) < 4.78 is 14.6. The molecule has 5 heteroatoms. The number of aromatic nitrogens is 1. The van der Waals surface area contributed by atoms with Crippen LogP contribution in [0.15, 0.2) is 12.4 Å². The predicted octanol–water partition coefficient (Wildman–Crippen LogP) is 2.78. The molecule has 0 spiro atoms. The van der Waals surface area contributed by atoms with Crippen LogP contribution in [-0.2, 0) is 9.31 Å². The normalized spacial score (nSPS) is 22.0. The van der Waals surface area contributed by atoms with E-state index in [1.807, 2.05) is 0 Å². The van der Waals surface area contributed by atoms with Crippen LogP contribution in [0.1, 0.15) is 33.3 Å². The van der Waals surface area contributed by atoms with Crippen LogP contribution in [0.4, 0.5) is 0 Å². The van der Waals surface area contributed by atoms with Gasteiger partial charge in [0.25, 0.3) is 0 Å². The molecule has 106 valence electrons. The van der Waals surface area contributed by atoms with Crippen molar-refractivity contribution >= 4 is 20.8 Å². The minimum atomic E-state index is -1.36. The van der Waals surface area contributed by atoms with E-state index in [9.17, 15) is 0 Å². The van der Waals surface area contributed by atoms with Crippen LogP contribution in [0.5, 0.6) is 0 Å². The number of hydrogen-bond acceptors (Lipinski definition) is 2. The number of hydrogen-bond donors (Lipinski definition) is 0. The van der Waals surface area contributed by atoms with Gasteiger partial charge in [0.05, 0.1) is 11.2 Å². The zero-order valence-electron chi connectivity index (χ0n) is 13.5. The Morgan fingerprint density at radius 1 is 1.00 bits per heavy atom. The highest BCUT2D eigenvalue weighted by atomic mass is 28.3. The Balaban J connectivity index is 2.33. The van der Waals surface area contributed by atoms with Gasteiger partial charge in [0.1, 0.15) is 0 Å². The van der Waals surface area contributed by atoms with Gasteiger partial charge in [-0.3, -0.25) is 0 Å². The topological polar surface area (TPSA) is 23.4 Å². The summed E-state index contributed by atoms with van der Waals surface area (Å²) in [5.41, 5.74) is 1.87. The molecule has 0 saturated carbocycles. The molecule has 0 aromatic carbocycles. The molecule has 19 heavy (non-hydrogen) atoms. The highest BCUT2D eigenvalue weighted by Gasteiger charge is 2.52. The maximum atomic E-state index is 6.14. The quantitative estimate of drug-likeness (QED) is 0.777. The van der Waals surface area contributed by atoms with Crippen molar-refractivity contribution in [2.45, 2.75) is 65.5 Å². The van der Waals surface area contributed by atoms with Gasteiger partial charge in [-0.05, 0) is 52.6 Å². The van der Waals surface area contributed by atoms with Crippen LogP contribution in [0.2, 0.25) is 19.6 Å². The molecule has 2 heterocycles. The van der Waals surface area contributed by atoms with E-state index in [1.165, 1.54) is 11.0 Å². The molecule has 1 aliphatic heterocycles. The Kier molecular flexibility index (Phi) is 3.32. The van der Waals surface area contributed by atoms with E-state index in [2.05, 4.69) is 70.9 Å². The number of aryl methyl sites for hydroxylation is 1. The Hall–Kier alpha value is -0.518. The molecule has 1 aromatic rings. The largest absolute Gasteiger partial charge is 0.496 e. The van der Waals surface area contributed by atoms with Gasteiger partial charge in [0, 0.05) is 5.46 Å². The summed E-state index contributed by atoms with van der Waals surface area (Å²) in [4.78, 5) is 0. The Morgan fingerprint density at radius 2 is 1.47 bits per heavy atom. The lowest BCUT2D eigenvalue weighted by atomic mass is 9.79. The third-order valence-corrected chi connectivity index (χ3v) is 6.16. The van der Waals surface area contributed by atoms with E-state index in [0.717, 1.165) is 0 Å². The van der Waals surface area contributed by atoms with Crippen molar-refractivity contribution in [3.8, 4) is 0 Å². The maximum Gasteiger partial charge on any atom is 0.496 e. The van der Waals surface area contributed by atoms with Crippen molar-refractivity contribution in [2.24, 2.45) is 0 Å². The SMILES string of the molecule is Cc1cn([Si](C)(C)C)cc1B1OC(C)(C)C(C)(C)O1. The van der Waals surface area contributed by atoms with Crippen LogP contribution in [0, 0.1) is 6.92 Å². The minimum Gasteiger partial charge on any atom is -0.399 e. The average Bonchev–Trinajstić information content (AvgIpc) is 2.65. The zero-order valence-corrected chi connectivity index (χ0v) is 14.5. The van der Waals surface area contributed by atoms with Crippen LogP contribution in [0.25, 0.3) is 0 Å². The highest BCUT2D eigenvalue weighted by Crippen LogP contribution is 2.36. The third kappa shape index (κ3) is 2.56. The predicted molar refractivity (Wildman–Crippen MR) is 83.6 cm³/mol. The lowest BCUT2D eigenvalue weighted by molar-refractivity contribution is 0.00578. The summed E-state index contributed by atoms with van der Waals surface area (Å²) in [5.74, 6) is 0. The van der Waals surface area contributed by atoms with Crippen LogP contribution < -0.4 is 5.46 Å². The molecule has 0 aliphatic carbocycles. The zero-order chi connectivity index (χ0) is 14.6. The molecule has 1 saturated heterocycles. The molecule has 0 atom stereocenters. The second-order valence-corrected chi connectivity index (χ2v) is 12.4. The van der Waals surface area contributed by atoms with Crippen molar-refractivity contribution in [2.75, 3.05) is 0 Å². The Morgan fingerprint density at radius 3 is 1.84 bits per heavy atom. The van der Waals surface area contributed by atoms with Crippen molar-refractivity contribution in [1.29, 1.82) is 0 Å². The van der Waals surface area contributed by atoms with Gasteiger partial charge in [-0.1, -0.05) is 19.6 Å². The Labute approximate surface area is 118 Å². The average molecular weight is 279 g/mol. The van der Waals surface area contributed by atoms with Gasteiger partial charge >= 0.3 is 7.12 Å². The third-order valence-electron chi connectivity index (χ3n) is 4.35. The standard InChI is InChI=1S/C14H26BNO2Si/c1-11-9-16(19(6,7)8)10-12(11)15-17-13(2,3)14(4,5)18-15/h9-10H,1-8H3. The molecule has 1 aliphatic rings. The minimum absolute atomic E-state index is 0.248. The monoisotopic (exact) mass is 279 g/mol. The second-order valence-electron chi connectivity index (χ2n) is 7.56. The summed E-state index contributed by atoms with van der Waals surface area (Å²) in [6.45, 7) is 17.5.